The number of aromatic nitrogens is 2. The first-order valence-corrected chi connectivity index (χ1v) is 15.3. The largest absolute Gasteiger partial charge is 0.314 e. The SMILES string of the molecule is CC1(Cc2ccc(-c3cc(F)cc(F)c3)cc2)C(=O)N(c2cc(Cl)cc(Cl)c2)c2ncc(S(=O)(=O)N3CCNCC3)n21. The smallest absolute Gasteiger partial charge is 0.260 e. The molecule has 1 amide bonds. The van der Waals surface area contributed by atoms with Gasteiger partial charge in [-0.3, -0.25) is 9.36 Å². The number of imidazole rings is 1. The topological polar surface area (TPSA) is 87.5 Å². The molecule has 3 heterocycles. The van der Waals surface area contributed by atoms with Gasteiger partial charge in [0.2, 0.25) is 5.95 Å². The van der Waals surface area contributed by atoms with Gasteiger partial charge in [0.25, 0.3) is 15.9 Å². The van der Waals surface area contributed by atoms with Crippen LogP contribution in [0.3, 0.4) is 0 Å². The minimum atomic E-state index is -4.01. The standard InChI is InChI=1S/C29H25Cl2F2N5O3S/c1-29(16-18-2-4-19(5-3-18)20-10-23(32)15-24(33)11-20)27(39)37(25-13-21(30)12-22(31)14-25)28-35-17-26(38(28)29)42(40,41)36-8-6-34-7-9-36/h2-5,10-15,17,34H,6-9,16H2,1H3. The fourth-order valence-corrected chi connectivity index (χ4v) is 7.71. The molecule has 1 saturated heterocycles. The lowest BCUT2D eigenvalue weighted by Gasteiger charge is -2.30. The lowest BCUT2D eigenvalue weighted by molar-refractivity contribution is -0.124. The highest BCUT2D eigenvalue weighted by Crippen LogP contribution is 2.45. The Hall–Kier alpha value is -3.35. The van der Waals surface area contributed by atoms with Gasteiger partial charge in [-0.2, -0.15) is 4.31 Å². The van der Waals surface area contributed by atoms with E-state index in [1.165, 1.54) is 38.2 Å². The number of carbonyl (C=O) groups excluding carboxylic acids is 1. The van der Waals surface area contributed by atoms with Gasteiger partial charge in [0.05, 0.1) is 11.9 Å². The zero-order valence-electron chi connectivity index (χ0n) is 22.3. The molecule has 3 aromatic carbocycles. The number of nitrogens with one attached hydrogen (secondary N) is 1. The molecule has 1 atom stereocenters. The summed E-state index contributed by atoms with van der Waals surface area (Å²) in [5.41, 5.74) is 0.585. The van der Waals surface area contributed by atoms with Gasteiger partial charge in [-0.25, -0.2) is 27.1 Å². The fraction of sp³-hybridized carbons (Fsp3) is 0.241. The number of anilines is 2. The lowest BCUT2D eigenvalue weighted by Crippen LogP contribution is -2.48. The highest BCUT2D eigenvalue weighted by Gasteiger charge is 2.52. The number of hydrogen-bond donors (Lipinski definition) is 1. The van der Waals surface area contributed by atoms with Gasteiger partial charge in [-0.15, -0.1) is 0 Å². The molecule has 0 aliphatic carbocycles. The van der Waals surface area contributed by atoms with E-state index in [9.17, 15) is 22.0 Å². The molecule has 6 rings (SSSR count). The quantitative estimate of drug-likeness (QED) is 0.309. The summed E-state index contributed by atoms with van der Waals surface area (Å²) in [4.78, 5) is 20.0. The molecule has 0 bridgehead atoms. The van der Waals surface area contributed by atoms with Crippen molar-refractivity contribution < 1.29 is 22.0 Å². The number of hydrogen-bond acceptors (Lipinski definition) is 5. The normalized spacial score (nSPS) is 19.4. The van der Waals surface area contributed by atoms with Gasteiger partial charge in [-0.05, 0) is 53.9 Å². The van der Waals surface area contributed by atoms with Crippen LogP contribution in [0.5, 0.6) is 0 Å². The van der Waals surface area contributed by atoms with Crippen molar-refractivity contribution in [3.63, 3.8) is 0 Å². The molecule has 2 aliphatic rings. The highest BCUT2D eigenvalue weighted by molar-refractivity contribution is 7.89. The molecular formula is C29H25Cl2F2N5O3S. The van der Waals surface area contributed by atoms with Crippen molar-refractivity contribution >= 4 is 50.8 Å². The molecule has 42 heavy (non-hydrogen) atoms. The lowest BCUT2D eigenvalue weighted by atomic mass is 9.91. The van der Waals surface area contributed by atoms with Crippen LogP contribution in [0.25, 0.3) is 11.1 Å². The number of nitrogens with zero attached hydrogens (tertiary/aromatic N) is 4. The van der Waals surface area contributed by atoms with Crippen LogP contribution in [0, 0.1) is 11.6 Å². The molecule has 1 unspecified atom stereocenters. The molecule has 0 spiro atoms. The summed E-state index contributed by atoms with van der Waals surface area (Å²) >= 11 is 12.5. The zero-order chi connectivity index (χ0) is 29.8. The van der Waals surface area contributed by atoms with Crippen molar-refractivity contribution in [1.82, 2.24) is 19.2 Å². The third kappa shape index (κ3) is 4.99. The van der Waals surface area contributed by atoms with Crippen LogP contribution in [0.15, 0.2) is 71.9 Å². The first-order chi connectivity index (χ1) is 20.0. The summed E-state index contributed by atoms with van der Waals surface area (Å²) in [7, 11) is -4.01. The average molecular weight is 633 g/mol. The van der Waals surface area contributed by atoms with Crippen LogP contribution in [-0.4, -0.2) is 54.4 Å². The summed E-state index contributed by atoms with van der Waals surface area (Å²) in [5.74, 6) is -1.67. The van der Waals surface area contributed by atoms with E-state index in [1.807, 2.05) is 0 Å². The van der Waals surface area contributed by atoms with Crippen LogP contribution < -0.4 is 10.2 Å². The third-order valence-corrected chi connectivity index (χ3v) is 9.85. The number of benzene rings is 3. The summed E-state index contributed by atoms with van der Waals surface area (Å²) in [5, 5.41) is 3.65. The van der Waals surface area contributed by atoms with Crippen molar-refractivity contribution in [2.75, 3.05) is 31.1 Å². The van der Waals surface area contributed by atoms with Crippen molar-refractivity contribution in [3.05, 3.63) is 94.1 Å². The maximum atomic E-state index is 14.3. The van der Waals surface area contributed by atoms with Gasteiger partial charge in [0.1, 0.15) is 17.2 Å². The Morgan fingerprint density at radius 3 is 2.17 bits per heavy atom. The second-order valence-corrected chi connectivity index (χ2v) is 13.2. The molecule has 13 heteroatoms. The first kappa shape index (κ1) is 28.8. The summed E-state index contributed by atoms with van der Waals surface area (Å²) in [6.45, 7) is 3.24. The predicted molar refractivity (Wildman–Crippen MR) is 157 cm³/mol. The number of carbonyl (C=O) groups is 1. The van der Waals surface area contributed by atoms with Crippen molar-refractivity contribution in [2.24, 2.45) is 0 Å². The molecule has 0 radical (unpaired) electrons. The summed E-state index contributed by atoms with van der Waals surface area (Å²) in [6.07, 6.45) is 1.37. The van der Waals surface area contributed by atoms with Crippen LogP contribution in [-0.2, 0) is 26.8 Å². The molecular weight excluding hydrogens is 607 g/mol. The minimum Gasteiger partial charge on any atom is -0.314 e. The molecule has 4 aromatic rings. The maximum Gasteiger partial charge on any atom is 0.260 e. The third-order valence-electron chi connectivity index (χ3n) is 7.55. The summed E-state index contributed by atoms with van der Waals surface area (Å²) < 4.78 is 58.2. The first-order valence-electron chi connectivity index (χ1n) is 13.1. The van der Waals surface area contributed by atoms with Crippen molar-refractivity contribution in [1.29, 1.82) is 0 Å². The zero-order valence-corrected chi connectivity index (χ0v) is 24.6. The van der Waals surface area contributed by atoms with Crippen LogP contribution >= 0.6 is 23.2 Å². The second-order valence-electron chi connectivity index (χ2n) is 10.5. The van der Waals surface area contributed by atoms with E-state index in [1.54, 1.807) is 43.3 Å². The van der Waals surface area contributed by atoms with Crippen LogP contribution in [0.2, 0.25) is 10.0 Å². The molecule has 8 nitrogen and oxygen atoms in total. The van der Waals surface area contributed by atoms with E-state index >= 15 is 0 Å². The Morgan fingerprint density at radius 2 is 1.55 bits per heavy atom. The molecule has 1 fully saturated rings. The van der Waals surface area contributed by atoms with Gasteiger partial charge in [-0.1, -0.05) is 47.5 Å². The molecule has 1 N–H and O–H groups in total. The molecule has 218 valence electrons. The van der Waals surface area contributed by atoms with E-state index in [0.29, 0.717) is 45.5 Å². The number of fused-ring (bicyclic) bond motifs is 1. The summed E-state index contributed by atoms with van der Waals surface area (Å²) in [6, 6.07) is 14.8. The molecule has 0 saturated carbocycles. The van der Waals surface area contributed by atoms with Crippen molar-refractivity contribution in [2.45, 2.75) is 23.9 Å². The number of halogens is 4. The molecule has 1 aromatic heterocycles. The Balaban J connectivity index is 1.44. The van der Waals surface area contributed by atoms with Gasteiger partial charge in [0, 0.05) is 48.7 Å². The number of sulfonamides is 1. The second kappa shape index (κ2) is 10.7. The monoisotopic (exact) mass is 631 g/mol. The van der Waals surface area contributed by atoms with E-state index in [0.717, 1.165) is 6.07 Å². The fourth-order valence-electron chi connectivity index (χ4n) is 5.56. The Kier molecular flexibility index (Phi) is 7.35. The Morgan fingerprint density at radius 1 is 0.929 bits per heavy atom. The van der Waals surface area contributed by atoms with Crippen LogP contribution in [0.1, 0.15) is 12.5 Å². The predicted octanol–water partition coefficient (Wildman–Crippen LogP) is 5.37. The average Bonchev–Trinajstić information content (AvgIpc) is 3.47. The van der Waals surface area contributed by atoms with Gasteiger partial charge < -0.3 is 5.32 Å². The van der Waals surface area contributed by atoms with E-state index in [4.69, 9.17) is 23.2 Å². The molecule has 2 aliphatic heterocycles. The minimum absolute atomic E-state index is 0.0991. The van der Waals surface area contributed by atoms with Gasteiger partial charge >= 0.3 is 0 Å². The number of amides is 1. The Bertz CT molecular complexity index is 1770. The van der Waals surface area contributed by atoms with Crippen LogP contribution in [0.4, 0.5) is 20.4 Å². The van der Waals surface area contributed by atoms with Crippen molar-refractivity contribution in [3.8, 4) is 11.1 Å². The maximum absolute atomic E-state index is 14.3. The van der Waals surface area contributed by atoms with E-state index in [-0.39, 0.29) is 30.5 Å². The van der Waals surface area contributed by atoms with Gasteiger partial charge in [0.15, 0.2) is 5.03 Å². The number of piperazine rings is 1. The van der Waals surface area contributed by atoms with E-state index < -0.39 is 33.1 Å². The highest BCUT2D eigenvalue weighted by atomic mass is 35.5. The Labute approximate surface area is 251 Å². The number of rotatable bonds is 6. The van der Waals surface area contributed by atoms with E-state index in [2.05, 4.69) is 10.3 Å².